The first kappa shape index (κ1) is 12.2. The van der Waals surface area contributed by atoms with E-state index in [1.54, 1.807) is 6.07 Å². The first-order valence-electron chi connectivity index (χ1n) is 4.51. The minimum Gasteiger partial charge on any atom is -0.360 e. The largest absolute Gasteiger partial charge is 0.360 e. The third-order valence-electron chi connectivity index (χ3n) is 1.54. The van der Waals surface area contributed by atoms with Crippen LogP contribution in [0.4, 0.5) is 10.1 Å². The summed E-state index contributed by atoms with van der Waals surface area (Å²) in [4.78, 5) is 0. The van der Waals surface area contributed by atoms with Crippen molar-refractivity contribution in [3.8, 4) is 0 Å². The van der Waals surface area contributed by atoms with Crippen LogP contribution < -0.4 is 10.6 Å². The summed E-state index contributed by atoms with van der Waals surface area (Å²) in [5.41, 5.74) is 0.540. The fourth-order valence-corrected chi connectivity index (χ4v) is 1.63. The van der Waals surface area contributed by atoms with Crippen molar-refractivity contribution < 1.29 is 4.39 Å². The van der Waals surface area contributed by atoms with Crippen LogP contribution in [-0.2, 0) is 0 Å². The number of anilines is 1. The van der Waals surface area contributed by atoms with Gasteiger partial charge in [-0.25, -0.2) is 4.39 Å². The predicted molar refractivity (Wildman–Crippen MR) is 65.9 cm³/mol. The minimum absolute atomic E-state index is 0.231. The third-order valence-corrected chi connectivity index (χ3v) is 1.98. The lowest BCUT2D eigenvalue weighted by atomic mass is 10.3. The van der Waals surface area contributed by atoms with E-state index in [-0.39, 0.29) is 6.04 Å². The molecule has 0 heterocycles. The molecular formula is C10H12ClFN2S. The van der Waals surface area contributed by atoms with Gasteiger partial charge in [0.1, 0.15) is 5.82 Å². The van der Waals surface area contributed by atoms with Crippen molar-refractivity contribution in [2.75, 3.05) is 5.32 Å². The van der Waals surface area contributed by atoms with Crippen LogP contribution in [0.5, 0.6) is 0 Å². The zero-order valence-corrected chi connectivity index (χ0v) is 10.0. The summed E-state index contributed by atoms with van der Waals surface area (Å²) in [6.45, 7) is 3.93. The molecule has 2 nitrogen and oxygen atoms in total. The molecule has 0 aliphatic rings. The van der Waals surface area contributed by atoms with Crippen molar-refractivity contribution >= 4 is 34.6 Å². The highest BCUT2D eigenvalue weighted by Gasteiger charge is 2.02. The molecule has 82 valence electrons. The minimum atomic E-state index is -0.391. The Morgan fingerprint density at radius 1 is 1.40 bits per heavy atom. The van der Waals surface area contributed by atoms with Crippen molar-refractivity contribution in [2.45, 2.75) is 19.9 Å². The van der Waals surface area contributed by atoms with Gasteiger partial charge in [-0.05, 0) is 44.3 Å². The second kappa shape index (κ2) is 5.28. The van der Waals surface area contributed by atoms with Gasteiger partial charge in [-0.2, -0.15) is 0 Å². The van der Waals surface area contributed by atoms with E-state index in [0.717, 1.165) is 0 Å². The number of nitrogens with one attached hydrogen (secondary N) is 2. The molecule has 1 aromatic carbocycles. The molecular weight excluding hydrogens is 235 g/mol. The van der Waals surface area contributed by atoms with Gasteiger partial charge in [0.15, 0.2) is 5.11 Å². The highest BCUT2D eigenvalue weighted by molar-refractivity contribution is 7.80. The first-order valence-corrected chi connectivity index (χ1v) is 5.29. The Bertz CT molecular complexity index is 348. The quantitative estimate of drug-likeness (QED) is 0.784. The van der Waals surface area contributed by atoms with Crippen LogP contribution in [0, 0.1) is 5.82 Å². The Labute approximate surface area is 98.8 Å². The lowest BCUT2D eigenvalue weighted by Crippen LogP contribution is -2.33. The van der Waals surface area contributed by atoms with Gasteiger partial charge < -0.3 is 10.6 Å². The second-order valence-corrected chi connectivity index (χ2v) is 4.26. The lowest BCUT2D eigenvalue weighted by molar-refractivity contribution is 0.628. The van der Waals surface area contributed by atoms with Crippen LogP contribution in [0.2, 0.25) is 5.02 Å². The van der Waals surface area contributed by atoms with E-state index in [1.807, 2.05) is 13.8 Å². The Balaban J connectivity index is 2.68. The molecule has 0 radical (unpaired) electrons. The van der Waals surface area contributed by atoms with Gasteiger partial charge in [-0.15, -0.1) is 0 Å². The topological polar surface area (TPSA) is 24.1 Å². The van der Waals surface area contributed by atoms with Gasteiger partial charge in [0.25, 0.3) is 0 Å². The summed E-state index contributed by atoms with van der Waals surface area (Å²) in [6, 6.07) is 4.42. The SMILES string of the molecule is CC(C)NC(=S)Nc1cc(F)cc(Cl)c1. The maximum Gasteiger partial charge on any atom is 0.170 e. The summed E-state index contributed by atoms with van der Waals surface area (Å²) in [5, 5.41) is 6.62. The van der Waals surface area contributed by atoms with Gasteiger partial charge in [-0.1, -0.05) is 11.6 Å². The molecule has 2 N–H and O–H groups in total. The van der Waals surface area contributed by atoms with E-state index >= 15 is 0 Å². The lowest BCUT2D eigenvalue weighted by Gasteiger charge is -2.13. The van der Waals surface area contributed by atoms with Gasteiger partial charge in [-0.3, -0.25) is 0 Å². The molecule has 0 saturated carbocycles. The van der Waals surface area contributed by atoms with Crippen molar-refractivity contribution in [3.63, 3.8) is 0 Å². The zero-order valence-electron chi connectivity index (χ0n) is 8.47. The van der Waals surface area contributed by atoms with Crippen LogP contribution in [0.1, 0.15) is 13.8 Å². The molecule has 0 spiro atoms. The Kier molecular flexibility index (Phi) is 4.29. The molecule has 0 fully saturated rings. The van der Waals surface area contributed by atoms with Crippen LogP contribution >= 0.6 is 23.8 Å². The molecule has 0 aliphatic carbocycles. The standard InChI is InChI=1S/C10H12ClFN2S/c1-6(2)13-10(15)14-9-4-7(11)3-8(12)5-9/h3-6H,1-2H3,(H2,13,14,15). The number of thiocarbonyl (C=S) groups is 1. The van der Waals surface area contributed by atoms with E-state index in [4.69, 9.17) is 23.8 Å². The Morgan fingerprint density at radius 2 is 2.07 bits per heavy atom. The van der Waals surface area contributed by atoms with Crippen LogP contribution in [0.15, 0.2) is 18.2 Å². The fourth-order valence-electron chi connectivity index (χ4n) is 1.06. The van der Waals surface area contributed by atoms with Gasteiger partial charge in [0.2, 0.25) is 0 Å². The predicted octanol–water partition coefficient (Wildman–Crippen LogP) is 3.17. The average molecular weight is 247 g/mol. The van der Waals surface area contributed by atoms with E-state index in [9.17, 15) is 4.39 Å². The molecule has 1 rings (SSSR count). The summed E-state index contributed by atoms with van der Waals surface area (Å²) >= 11 is 10.7. The summed E-state index contributed by atoms with van der Waals surface area (Å²) in [7, 11) is 0. The smallest absolute Gasteiger partial charge is 0.170 e. The van der Waals surface area contributed by atoms with Crippen LogP contribution in [0.25, 0.3) is 0 Å². The summed E-state index contributed by atoms with van der Waals surface area (Å²) in [6.07, 6.45) is 0. The number of benzene rings is 1. The molecule has 0 unspecified atom stereocenters. The van der Waals surface area contributed by atoms with Crippen molar-refractivity contribution in [3.05, 3.63) is 29.0 Å². The summed E-state index contributed by atoms with van der Waals surface area (Å²) in [5.74, 6) is -0.391. The zero-order chi connectivity index (χ0) is 11.4. The normalized spacial score (nSPS) is 10.2. The third kappa shape index (κ3) is 4.44. The Hall–Kier alpha value is -0.870. The summed E-state index contributed by atoms with van der Waals surface area (Å²) < 4.78 is 13.0. The number of hydrogen-bond acceptors (Lipinski definition) is 1. The molecule has 1 aromatic rings. The van der Waals surface area contributed by atoms with E-state index in [2.05, 4.69) is 10.6 Å². The molecule has 0 aliphatic heterocycles. The molecule has 0 aromatic heterocycles. The molecule has 0 saturated heterocycles. The molecule has 0 bridgehead atoms. The van der Waals surface area contributed by atoms with E-state index < -0.39 is 5.82 Å². The molecule has 0 amide bonds. The van der Waals surface area contributed by atoms with Gasteiger partial charge >= 0.3 is 0 Å². The van der Waals surface area contributed by atoms with Crippen molar-refractivity contribution in [2.24, 2.45) is 0 Å². The maximum absolute atomic E-state index is 13.0. The number of halogens is 2. The molecule has 0 atom stereocenters. The molecule has 5 heteroatoms. The number of rotatable bonds is 2. The van der Waals surface area contributed by atoms with Gasteiger partial charge in [0.05, 0.1) is 0 Å². The highest BCUT2D eigenvalue weighted by Crippen LogP contribution is 2.17. The Morgan fingerprint density at radius 3 is 2.60 bits per heavy atom. The van der Waals surface area contributed by atoms with Crippen LogP contribution in [-0.4, -0.2) is 11.2 Å². The number of hydrogen-bond donors (Lipinski definition) is 2. The second-order valence-electron chi connectivity index (χ2n) is 3.41. The van der Waals surface area contributed by atoms with E-state index in [1.165, 1.54) is 12.1 Å². The first-order chi connectivity index (χ1) is 6.97. The fraction of sp³-hybridized carbons (Fsp3) is 0.300. The highest BCUT2D eigenvalue weighted by atomic mass is 35.5. The average Bonchev–Trinajstić information content (AvgIpc) is 1.98. The van der Waals surface area contributed by atoms with Crippen molar-refractivity contribution in [1.82, 2.24) is 5.32 Å². The van der Waals surface area contributed by atoms with Crippen LogP contribution in [0.3, 0.4) is 0 Å². The van der Waals surface area contributed by atoms with Gasteiger partial charge in [0, 0.05) is 16.8 Å². The molecule has 15 heavy (non-hydrogen) atoms. The van der Waals surface area contributed by atoms with Crippen molar-refractivity contribution in [1.29, 1.82) is 0 Å². The monoisotopic (exact) mass is 246 g/mol. The maximum atomic E-state index is 13.0. The van der Waals surface area contributed by atoms with E-state index in [0.29, 0.717) is 15.8 Å².